The van der Waals surface area contributed by atoms with Crippen molar-refractivity contribution in [3.8, 4) is 17.2 Å². The van der Waals surface area contributed by atoms with Crippen molar-refractivity contribution in [1.29, 1.82) is 0 Å². The van der Waals surface area contributed by atoms with Crippen molar-refractivity contribution in [2.24, 2.45) is 5.92 Å². The van der Waals surface area contributed by atoms with Gasteiger partial charge in [-0.3, -0.25) is 9.69 Å². The molecular formula is C39H46Cl2F2N4O9. The van der Waals surface area contributed by atoms with Gasteiger partial charge < -0.3 is 39.1 Å². The zero-order valence-corrected chi connectivity index (χ0v) is 33.5. The maximum Gasteiger partial charge on any atom is 0.410 e. The maximum absolute atomic E-state index is 13.9. The highest BCUT2D eigenvalue weighted by molar-refractivity contribution is 6.35. The van der Waals surface area contributed by atoms with E-state index in [1.54, 1.807) is 25.7 Å². The summed E-state index contributed by atoms with van der Waals surface area (Å²) >= 11 is 12.8. The van der Waals surface area contributed by atoms with Gasteiger partial charge in [-0.05, 0) is 89.3 Å². The molecule has 1 aliphatic carbocycles. The molecule has 0 spiro atoms. The molecule has 5 rings (SSSR count). The van der Waals surface area contributed by atoms with Crippen molar-refractivity contribution < 1.29 is 51.6 Å². The van der Waals surface area contributed by atoms with Gasteiger partial charge in [0.2, 0.25) is 5.91 Å². The molecule has 1 N–H and O–H groups in total. The van der Waals surface area contributed by atoms with Crippen LogP contribution in [0.4, 0.5) is 19.3 Å². The molecule has 1 aromatic heterocycles. The van der Waals surface area contributed by atoms with Crippen molar-refractivity contribution in [2.75, 3.05) is 38.7 Å². The van der Waals surface area contributed by atoms with Gasteiger partial charge in [-0.1, -0.05) is 29.3 Å². The number of nitrogens with one attached hydrogen (secondary N) is 1. The van der Waals surface area contributed by atoms with Crippen molar-refractivity contribution in [2.45, 2.75) is 84.3 Å². The van der Waals surface area contributed by atoms with Crippen LogP contribution in [0.15, 0.2) is 48.8 Å². The van der Waals surface area contributed by atoms with Gasteiger partial charge in [0.1, 0.15) is 27.5 Å². The first-order valence-corrected chi connectivity index (χ1v) is 18.9. The van der Waals surface area contributed by atoms with Gasteiger partial charge in [0.05, 0.1) is 31.5 Å². The molecule has 1 aliphatic heterocycles. The van der Waals surface area contributed by atoms with Gasteiger partial charge in [-0.15, -0.1) is 0 Å². The molecular weight excluding hydrogens is 777 g/mol. The van der Waals surface area contributed by atoms with Crippen LogP contribution in [0.2, 0.25) is 10.0 Å². The lowest BCUT2D eigenvalue weighted by Crippen LogP contribution is -2.59. The average Bonchev–Trinajstić information content (AvgIpc) is 3.94. The fourth-order valence-corrected chi connectivity index (χ4v) is 6.76. The summed E-state index contributed by atoms with van der Waals surface area (Å²) < 4.78 is 54.6. The van der Waals surface area contributed by atoms with Crippen LogP contribution in [0.3, 0.4) is 0 Å². The standard InChI is InChI=1S/C39H46Cl2F2N4O9/c1-22-17-47(38(50)56-39(3,4)5)23(2)16-45(22)20-35(48)44-30-13-26(10-11-31(30)52-6)36(49)54-33(15-27-28(40)18-46(51)19-29(27)41)25-9-12-32(55-37(42)43)34(14-25)53-21-24-7-8-24/h9-14,18-19,22-24,33,37H,7-8,15-17,20-21H2,1-6H3,(H,44,48)/t22-,23+,33-/m0/s1. The van der Waals surface area contributed by atoms with E-state index in [0.717, 1.165) is 25.2 Å². The Labute approximate surface area is 334 Å². The van der Waals surface area contributed by atoms with Crippen LogP contribution in [0, 0.1) is 11.1 Å². The van der Waals surface area contributed by atoms with Crippen molar-refractivity contribution in [1.82, 2.24) is 9.80 Å². The summed E-state index contributed by atoms with van der Waals surface area (Å²) in [5, 5.41) is 14.8. The Morgan fingerprint density at radius 1 is 0.982 bits per heavy atom. The molecule has 0 radical (unpaired) electrons. The molecule has 1 saturated heterocycles. The number of nitrogens with zero attached hydrogens (tertiary/aromatic N) is 3. The molecule has 1 saturated carbocycles. The summed E-state index contributed by atoms with van der Waals surface area (Å²) in [5.41, 5.74) is 0.245. The van der Waals surface area contributed by atoms with E-state index in [-0.39, 0.29) is 76.1 Å². The lowest BCUT2D eigenvalue weighted by atomic mass is 10.0. The number of anilines is 1. The summed E-state index contributed by atoms with van der Waals surface area (Å²) in [5.74, 6) is -0.790. The summed E-state index contributed by atoms with van der Waals surface area (Å²) in [7, 11) is 1.42. The summed E-state index contributed by atoms with van der Waals surface area (Å²) in [6.45, 7) is 7.17. The Kier molecular flexibility index (Phi) is 13.8. The van der Waals surface area contributed by atoms with E-state index in [1.807, 2.05) is 18.7 Å². The quantitative estimate of drug-likeness (QED) is 0.0991. The Bertz CT molecular complexity index is 1890. The molecule has 3 aromatic rings. The number of esters is 1. The lowest BCUT2D eigenvalue weighted by Gasteiger charge is -2.43. The number of carbonyl (C=O) groups is 3. The second kappa shape index (κ2) is 18.1. The summed E-state index contributed by atoms with van der Waals surface area (Å²) in [6.07, 6.45) is 2.46. The molecule has 304 valence electrons. The van der Waals surface area contributed by atoms with E-state index < -0.39 is 30.4 Å². The van der Waals surface area contributed by atoms with E-state index in [0.29, 0.717) is 34.9 Å². The van der Waals surface area contributed by atoms with Gasteiger partial charge in [0.25, 0.3) is 0 Å². The zero-order chi connectivity index (χ0) is 40.9. The average molecular weight is 824 g/mol. The number of carbonyl (C=O) groups excluding carboxylic acids is 3. The smallest absolute Gasteiger partial charge is 0.410 e. The normalized spacial score (nSPS) is 17.9. The molecule has 2 fully saturated rings. The molecule has 3 atom stereocenters. The van der Waals surface area contributed by atoms with E-state index in [4.69, 9.17) is 46.9 Å². The van der Waals surface area contributed by atoms with Crippen LogP contribution >= 0.6 is 23.2 Å². The predicted octanol–water partition coefficient (Wildman–Crippen LogP) is 7.43. The van der Waals surface area contributed by atoms with Crippen LogP contribution in [0.1, 0.15) is 75.0 Å². The molecule has 0 bridgehead atoms. The number of alkyl halides is 2. The molecule has 2 aromatic carbocycles. The van der Waals surface area contributed by atoms with Gasteiger partial charge in [0.15, 0.2) is 23.9 Å². The summed E-state index contributed by atoms with van der Waals surface area (Å²) in [4.78, 5) is 43.7. The highest BCUT2D eigenvalue weighted by atomic mass is 35.5. The van der Waals surface area contributed by atoms with Crippen LogP contribution in [0.25, 0.3) is 0 Å². The number of amides is 2. The van der Waals surface area contributed by atoms with Crippen LogP contribution in [-0.4, -0.2) is 85.4 Å². The van der Waals surface area contributed by atoms with Crippen molar-refractivity contribution in [3.63, 3.8) is 0 Å². The van der Waals surface area contributed by atoms with E-state index in [2.05, 4.69) is 5.32 Å². The fourth-order valence-electron chi connectivity index (χ4n) is 6.16. The number of piperazine rings is 1. The first kappa shape index (κ1) is 42.5. The highest BCUT2D eigenvalue weighted by Gasteiger charge is 2.35. The number of pyridine rings is 1. The van der Waals surface area contributed by atoms with Gasteiger partial charge >= 0.3 is 18.7 Å². The SMILES string of the molecule is COc1ccc(C(=O)O[C@@H](Cc2c(Cl)c[n+]([O-])cc2Cl)c2ccc(OC(F)F)c(OCC3CC3)c2)cc1NC(=O)CN1C[C@@H](C)N(C(=O)OC(C)(C)C)C[C@@H]1C. The number of methoxy groups -OCH3 is 1. The molecule has 2 aliphatic rings. The second-order valence-electron chi connectivity index (χ2n) is 15.0. The number of benzene rings is 2. The largest absolute Gasteiger partial charge is 0.619 e. The summed E-state index contributed by atoms with van der Waals surface area (Å²) in [6, 6.07) is 8.19. The number of aromatic nitrogens is 1. The van der Waals surface area contributed by atoms with Crippen molar-refractivity contribution in [3.05, 3.63) is 80.7 Å². The van der Waals surface area contributed by atoms with E-state index in [9.17, 15) is 28.4 Å². The first-order valence-electron chi connectivity index (χ1n) is 18.1. The van der Waals surface area contributed by atoms with Gasteiger partial charge in [-0.2, -0.15) is 13.5 Å². The van der Waals surface area contributed by atoms with Crippen LogP contribution in [-0.2, 0) is 20.7 Å². The number of ether oxygens (including phenoxy) is 5. The lowest BCUT2D eigenvalue weighted by molar-refractivity contribution is -0.605. The Morgan fingerprint density at radius 3 is 2.29 bits per heavy atom. The minimum atomic E-state index is -3.11. The third kappa shape index (κ3) is 11.5. The van der Waals surface area contributed by atoms with E-state index >= 15 is 0 Å². The van der Waals surface area contributed by atoms with Crippen molar-refractivity contribution >= 4 is 46.9 Å². The maximum atomic E-state index is 13.9. The second-order valence-corrected chi connectivity index (χ2v) is 15.8. The fraction of sp³-hybridized carbons (Fsp3) is 0.487. The predicted molar refractivity (Wildman–Crippen MR) is 204 cm³/mol. The van der Waals surface area contributed by atoms with Crippen LogP contribution in [0.5, 0.6) is 17.2 Å². The van der Waals surface area contributed by atoms with Crippen LogP contribution < -0.4 is 24.3 Å². The Morgan fingerprint density at radius 2 is 1.66 bits per heavy atom. The van der Waals surface area contributed by atoms with Gasteiger partial charge in [0, 0.05) is 37.2 Å². The Balaban J connectivity index is 1.36. The molecule has 17 heteroatoms. The number of rotatable bonds is 14. The molecule has 13 nitrogen and oxygen atoms in total. The topological polar surface area (TPSA) is 143 Å². The highest BCUT2D eigenvalue weighted by Crippen LogP contribution is 2.38. The Hall–Kier alpha value is -4.60. The molecule has 56 heavy (non-hydrogen) atoms. The van der Waals surface area contributed by atoms with E-state index in [1.165, 1.54) is 43.5 Å². The minimum absolute atomic E-state index is 0.00799. The molecule has 2 heterocycles. The molecule has 0 unspecified atom stereocenters. The number of hydrogen-bond donors (Lipinski definition) is 1. The third-order valence-electron chi connectivity index (χ3n) is 9.22. The minimum Gasteiger partial charge on any atom is -0.619 e. The molecule has 2 amide bonds. The first-order chi connectivity index (χ1) is 26.4. The zero-order valence-electron chi connectivity index (χ0n) is 32.0. The van der Waals surface area contributed by atoms with Gasteiger partial charge in [-0.25, -0.2) is 9.59 Å². The number of hydrogen-bond acceptors (Lipinski definition) is 10. The number of halogens is 4. The monoisotopic (exact) mass is 822 g/mol. The third-order valence-corrected chi connectivity index (χ3v) is 9.87.